The predicted molar refractivity (Wildman–Crippen MR) is 124 cm³/mol. The first-order valence-corrected chi connectivity index (χ1v) is 12.0. The molecule has 186 valence electrons. The van der Waals surface area contributed by atoms with E-state index in [1.54, 1.807) is 0 Å². The van der Waals surface area contributed by atoms with Crippen molar-refractivity contribution in [3.63, 3.8) is 0 Å². The molecule has 10 nitrogen and oxygen atoms in total. The van der Waals surface area contributed by atoms with Crippen molar-refractivity contribution in [1.82, 2.24) is 15.5 Å². The molecule has 0 aromatic heterocycles. The number of aromatic hydroxyl groups is 1. The zero-order chi connectivity index (χ0) is 25.4. The lowest BCUT2D eigenvalue weighted by atomic mass is 9.92. The van der Waals surface area contributed by atoms with Gasteiger partial charge in [0.25, 0.3) is 11.8 Å². The van der Waals surface area contributed by atoms with Crippen molar-refractivity contribution >= 4 is 32.3 Å². The Balaban J connectivity index is 2.01. The van der Waals surface area contributed by atoms with E-state index >= 15 is 0 Å². The maximum Gasteiger partial charge on any atom is 0.327 e. The van der Waals surface area contributed by atoms with Crippen molar-refractivity contribution < 1.29 is 33.4 Å². The van der Waals surface area contributed by atoms with Gasteiger partial charge in [-0.2, -0.15) is 0 Å². The fraction of sp³-hybridized carbons (Fsp3) is 0.565. The lowest BCUT2D eigenvalue weighted by Gasteiger charge is -2.24. The lowest BCUT2D eigenvalue weighted by Crippen LogP contribution is -2.49. The Morgan fingerprint density at radius 3 is 2.41 bits per heavy atom. The second-order valence-electron chi connectivity index (χ2n) is 8.96. The summed E-state index contributed by atoms with van der Waals surface area (Å²) in [6.45, 7) is 5.77. The number of carbonyl (C=O) groups excluding carboxylic acids is 4. The van der Waals surface area contributed by atoms with Gasteiger partial charge in [-0.3, -0.25) is 28.6 Å². The van der Waals surface area contributed by atoms with E-state index in [9.17, 15) is 28.8 Å². The minimum atomic E-state index is -0.703. The number of likely N-dealkylation sites (N-methyl/N-ethyl adjacent to an activating group) is 1. The molecule has 3 atom stereocenters. The van der Waals surface area contributed by atoms with E-state index in [-0.39, 0.29) is 47.8 Å². The first kappa shape index (κ1) is 27.4. The largest absolute Gasteiger partial charge is 0.507 e. The van der Waals surface area contributed by atoms with Crippen LogP contribution < -0.4 is 10.6 Å². The van der Waals surface area contributed by atoms with E-state index < -0.39 is 38.4 Å². The van der Waals surface area contributed by atoms with E-state index in [1.807, 2.05) is 20.8 Å². The minimum Gasteiger partial charge on any atom is -0.507 e. The van der Waals surface area contributed by atoms with Crippen molar-refractivity contribution in [2.45, 2.75) is 46.1 Å². The molecule has 0 spiro atoms. The Morgan fingerprint density at radius 1 is 1.12 bits per heavy atom. The van der Waals surface area contributed by atoms with Crippen molar-refractivity contribution in [2.75, 3.05) is 20.2 Å². The van der Waals surface area contributed by atoms with Crippen LogP contribution in [0.3, 0.4) is 0 Å². The summed E-state index contributed by atoms with van der Waals surface area (Å²) in [6.07, 6.45) is 1.20. The van der Waals surface area contributed by atoms with Crippen molar-refractivity contribution in [3.05, 3.63) is 29.3 Å². The summed E-state index contributed by atoms with van der Waals surface area (Å²) in [5.74, 6) is -2.55. The molecule has 2 unspecified atom stereocenters. The third-order valence-electron chi connectivity index (χ3n) is 5.80. The second-order valence-corrected chi connectivity index (χ2v) is 9.37. The molecule has 2 rings (SSSR count). The quantitative estimate of drug-likeness (QED) is 0.283. The van der Waals surface area contributed by atoms with Crippen LogP contribution in [0.4, 0.5) is 0 Å². The average molecular weight is 493 g/mol. The molecule has 0 aliphatic carbocycles. The summed E-state index contributed by atoms with van der Waals surface area (Å²) >= 11 is 0. The van der Waals surface area contributed by atoms with Gasteiger partial charge in [-0.05, 0) is 43.2 Å². The van der Waals surface area contributed by atoms with Gasteiger partial charge in [0.15, 0.2) is 0 Å². The molecule has 34 heavy (non-hydrogen) atoms. The van der Waals surface area contributed by atoms with E-state index in [1.165, 1.54) is 25.2 Å². The summed E-state index contributed by atoms with van der Waals surface area (Å²) in [6, 6.07) is 3.67. The van der Waals surface area contributed by atoms with E-state index in [0.717, 1.165) is 4.90 Å². The molecule has 1 aromatic rings. The van der Waals surface area contributed by atoms with Crippen molar-refractivity contribution in [1.29, 1.82) is 0 Å². The zero-order valence-electron chi connectivity index (χ0n) is 19.9. The number of benzene rings is 1. The van der Waals surface area contributed by atoms with Crippen LogP contribution >= 0.6 is 8.69 Å². The Bertz CT molecular complexity index is 937. The molecule has 0 bridgehead atoms. The highest BCUT2D eigenvalue weighted by Crippen LogP contribution is 2.30. The fourth-order valence-corrected chi connectivity index (χ4v) is 4.25. The number of fused-ring (bicyclic) bond motifs is 1. The van der Waals surface area contributed by atoms with Gasteiger partial charge in [0.05, 0.1) is 23.7 Å². The average Bonchev–Trinajstić information content (AvgIpc) is 3.04. The Morgan fingerprint density at radius 2 is 1.82 bits per heavy atom. The maximum atomic E-state index is 12.9. The second kappa shape index (κ2) is 12.6. The molecule has 1 aliphatic rings. The van der Waals surface area contributed by atoms with Gasteiger partial charge >= 0.3 is 8.69 Å². The van der Waals surface area contributed by atoms with Crippen LogP contribution in [0.5, 0.6) is 5.75 Å². The predicted octanol–water partition coefficient (Wildman–Crippen LogP) is 2.52. The topological polar surface area (TPSA) is 142 Å². The molecule has 1 aromatic carbocycles. The normalized spacial score (nSPS) is 15.9. The number of phenolic OH excluding ortho intramolecular Hbond substituents is 1. The van der Waals surface area contributed by atoms with Crippen molar-refractivity contribution in [3.8, 4) is 5.75 Å². The number of hydrogen-bond acceptors (Lipinski definition) is 7. The smallest absolute Gasteiger partial charge is 0.327 e. The van der Waals surface area contributed by atoms with Gasteiger partial charge in [-0.1, -0.05) is 26.8 Å². The molecular formula is C23H32N3O7P. The van der Waals surface area contributed by atoms with Crippen LogP contribution in [0, 0.1) is 17.8 Å². The molecule has 0 saturated carbocycles. The van der Waals surface area contributed by atoms with Crippen molar-refractivity contribution in [2.24, 2.45) is 17.8 Å². The molecule has 1 aliphatic heterocycles. The first-order chi connectivity index (χ1) is 16.1. The van der Waals surface area contributed by atoms with Gasteiger partial charge < -0.3 is 15.7 Å². The van der Waals surface area contributed by atoms with Crippen LogP contribution in [-0.4, -0.2) is 59.9 Å². The standard InChI is InChI=1S/C23H32N3O7P/c1-13(2)10-17(21(29)24-4)25-20(28)15(12-33-34-32)11-14(3)8-9-26-22(30)16-6-5-7-18(27)19(16)23(26)31/h5-7,13-15,17,27H,8-12H2,1-4H3,(H,24,29)(H,25,28)/t14?,15?,17-/m0/s1. The molecular weight excluding hydrogens is 461 g/mol. The van der Waals surface area contributed by atoms with Crippen LogP contribution in [0.2, 0.25) is 0 Å². The Kier molecular flexibility index (Phi) is 10.1. The highest BCUT2D eigenvalue weighted by molar-refractivity contribution is 7.17. The number of nitrogens with zero attached hydrogens (tertiary/aromatic N) is 1. The Labute approximate surface area is 200 Å². The first-order valence-electron chi connectivity index (χ1n) is 11.2. The van der Waals surface area contributed by atoms with E-state index in [0.29, 0.717) is 19.3 Å². The molecule has 0 radical (unpaired) electrons. The van der Waals surface area contributed by atoms with Gasteiger partial charge in [0.1, 0.15) is 11.8 Å². The summed E-state index contributed by atoms with van der Waals surface area (Å²) in [4.78, 5) is 51.4. The summed E-state index contributed by atoms with van der Waals surface area (Å²) < 4.78 is 15.8. The van der Waals surface area contributed by atoms with E-state index in [2.05, 4.69) is 10.6 Å². The van der Waals surface area contributed by atoms with Crippen LogP contribution in [0.1, 0.15) is 60.7 Å². The Hall–Kier alpha value is -2.84. The SMILES string of the molecule is CNC(=O)[C@H](CC(C)C)NC(=O)C(COP=O)CC(C)CCN1C(=O)c2cccc(O)c2C1=O. The number of hydrogen-bond donors (Lipinski definition) is 3. The van der Waals surface area contributed by atoms with Crippen LogP contribution in [-0.2, 0) is 18.7 Å². The van der Waals surface area contributed by atoms with Gasteiger partial charge in [0, 0.05) is 13.6 Å². The minimum absolute atomic E-state index is 0.00524. The van der Waals surface area contributed by atoms with Gasteiger partial charge in [-0.15, -0.1) is 0 Å². The summed E-state index contributed by atoms with van der Waals surface area (Å²) in [7, 11) is 0.944. The monoisotopic (exact) mass is 493 g/mol. The van der Waals surface area contributed by atoms with E-state index in [4.69, 9.17) is 4.52 Å². The molecule has 0 saturated heterocycles. The number of rotatable bonds is 13. The number of imide groups is 1. The van der Waals surface area contributed by atoms with Crippen LogP contribution in [0.15, 0.2) is 18.2 Å². The maximum absolute atomic E-state index is 12.9. The number of phenols is 1. The zero-order valence-corrected chi connectivity index (χ0v) is 20.8. The number of nitrogens with one attached hydrogen (secondary N) is 2. The highest BCUT2D eigenvalue weighted by atomic mass is 31.1. The molecule has 11 heteroatoms. The molecule has 4 amide bonds. The highest BCUT2D eigenvalue weighted by Gasteiger charge is 2.37. The fourth-order valence-electron chi connectivity index (χ4n) is 4.01. The number of amides is 4. The van der Waals surface area contributed by atoms with Crippen LogP contribution in [0.25, 0.3) is 0 Å². The third kappa shape index (κ3) is 6.84. The summed E-state index contributed by atoms with van der Waals surface area (Å²) in [5.41, 5.74) is 0.175. The molecule has 3 N–H and O–H groups in total. The van der Waals surface area contributed by atoms with Gasteiger partial charge in [0.2, 0.25) is 11.8 Å². The molecule has 1 heterocycles. The number of carbonyl (C=O) groups is 4. The molecule has 0 fully saturated rings. The van der Waals surface area contributed by atoms with Gasteiger partial charge in [-0.25, -0.2) is 4.57 Å². The third-order valence-corrected chi connectivity index (χ3v) is 6.05. The summed E-state index contributed by atoms with van der Waals surface area (Å²) in [5, 5.41) is 15.3. The lowest BCUT2D eigenvalue weighted by molar-refractivity contribution is -0.132.